The van der Waals surface area contributed by atoms with E-state index >= 15 is 0 Å². The van der Waals surface area contributed by atoms with Crippen molar-refractivity contribution < 1.29 is 0 Å². The summed E-state index contributed by atoms with van der Waals surface area (Å²) < 4.78 is 0. The van der Waals surface area contributed by atoms with Crippen LogP contribution in [0.25, 0.3) is 0 Å². The number of benzene rings is 1. The topological polar surface area (TPSA) is 0 Å². The van der Waals surface area contributed by atoms with Crippen molar-refractivity contribution in [1.29, 1.82) is 0 Å². The van der Waals surface area contributed by atoms with E-state index in [2.05, 4.69) is 38.1 Å². The Morgan fingerprint density at radius 2 is 1.50 bits per heavy atom. The first-order valence-electron chi connectivity index (χ1n) is 5.78. The summed E-state index contributed by atoms with van der Waals surface area (Å²) in [6.45, 7) is 4.59. The van der Waals surface area contributed by atoms with Crippen LogP contribution < -0.4 is 0 Å². The molecule has 0 nitrogen and oxygen atoms in total. The van der Waals surface area contributed by atoms with Crippen LogP contribution in [0.5, 0.6) is 0 Å². The van der Waals surface area contributed by atoms with Gasteiger partial charge in [-0.2, -0.15) is 0 Å². The predicted octanol–water partition coefficient (Wildman–Crippen LogP) is 4.22. The molecule has 0 bridgehead atoms. The molecule has 14 heavy (non-hydrogen) atoms. The van der Waals surface area contributed by atoms with Gasteiger partial charge in [-0.15, -0.1) is 0 Å². The van der Waals surface area contributed by atoms with Gasteiger partial charge in [0.25, 0.3) is 0 Å². The van der Waals surface area contributed by atoms with Gasteiger partial charge in [-0.25, -0.2) is 0 Å². The lowest BCUT2D eigenvalue weighted by Gasteiger charge is -2.34. The lowest BCUT2D eigenvalue weighted by molar-refractivity contribution is 0.319. The minimum Gasteiger partial charge on any atom is -0.0590 e. The van der Waals surface area contributed by atoms with E-state index in [1.54, 1.807) is 5.56 Å². The number of hydrogen-bond acceptors (Lipinski definition) is 0. The van der Waals surface area contributed by atoms with Crippen LogP contribution in [0.1, 0.15) is 50.2 Å². The smallest absolute Gasteiger partial charge is 0.00752 e. The maximum Gasteiger partial charge on any atom is -0.00752 e. The summed E-state index contributed by atoms with van der Waals surface area (Å²) in [6.07, 6.45) is 6.99. The molecule has 1 aromatic rings. The normalized spacial score (nSPS) is 20.7. The van der Waals surface area contributed by atoms with E-state index in [9.17, 15) is 0 Å². The SMILES string of the molecule is Cc1ccc(C2(C)CCCCC2)cc1. The first kappa shape index (κ1) is 9.76. The van der Waals surface area contributed by atoms with Gasteiger partial charge in [0.15, 0.2) is 0 Å². The minimum atomic E-state index is 0.464. The quantitative estimate of drug-likeness (QED) is 0.619. The van der Waals surface area contributed by atoms with Crippen molar-refractivity contribution in [2.45, 2.75) is 51.4 Å². The Balaban J connectivity index is 2.23. The van der Waals surface area contributed by atoms with Crippen LogP contribution in [0.2, 0.25) is 0 Å². The van der Waals surface area contributed by atoms with Crippen molar-refractivity contribution in [2.24, 2.45) is 0 Å². The second kappa shape index (κ2) is 3.76. The fourth-order valence-corrected chi connectivity index (χ4v) is 2.58. The average molecular weight is 188 g/mol. The maximum atomic E-state index is 2.43. The molecule has 1 saturated carbocycles. The maximum absolute atomic E-state index is 2.43. The van der Waals surface area contributed by atoms with Gasteiger partial charge in [-0.05, 0) is 30.7 Å². The number of rotatable bonds is 1. The minimum absolute atomic E-state index is 0.464. The van der Waals surface area contributed by atoms with Crippen molar-refractivity contribution in [3.8, 4) is 0 Å². The van der Waals surface area contributed by atoms with Gasteiger partial charge in [0.2, 0.25) is 0 Å². The summed E-state index contributed by atoms with van der Waals surface area (Å²) in [5.74, 6) is 0. The fraction of sp³-hybridized carbons (Fsp3) is 0.571. The molecule has 76 valence electrons. The Bertz CT molecular complexity index is 288. The third-order valence-electron chi connectivity index (χ3n) is 3.71. The van der Waals surface area contributed by atoms with Crippen molar-refractivity contribution in [3.63, 3.8) is 0 Å². The van der Waals surface area contributed by atoms with Crippen LogP contribution in [0, 0.1) is 6.92 Å². The zero-order valence-electron chi connectivity index (χ0n) is 9.34. The molecule has 0 aromatic heterocycles. The highest BCUT2D eigenvalue weighted by molar-refractivity contribution is 5.28. The van der Waals surface area contributed by atoms with Crippen LogP contribution in [0.4, 0.5) is 0 Å². The molecule has 0 aliphatic heterocycles. The Hall–Kier alpha value is -0.780. The second-order valence-corrected chi connectivity index (χ2v) is 4.99. The van der Waals surface area contributed by atoms with E-state index in [0.29, 0.717) is 5.41 Å². The molecule has 2 rings (SSSR count). The summed E-state index contributed by atoms with van der Waals surface area (Å²) in [4.78, 5) is 0. The monoisotopic (exact) mass is 188 g/mol. The molecule has 0 heteroatoms. The first-order chi connectivity index (χ1) is 6.71. The molecule has 0 unspecified atom stereocenters. The molecule has 0 spiro atoms. The molecular weight excluding hydrogens is 168 g/mol. The van der Waals surface area contributed by atoms with Gasteiger partial charge >= 0.3 is 0 Å². The third-order valence-corrected chi connectivity index (χ3v) is 3.71. The number of aryl methyl sites for hydroxylation is 1. The Labute approximate surface area is 87.3 Å². The highest BCUT2D eigenvalue weighted by Gasteiger charge is 2.28. The van der Waals surface area contributed by atoms with E-state index in [4.69, 9.17) is 0 Å². The van der Waals surface area contributed by atoms with E-state index < -0.39 is 0 Å². The highest BCUT2D eigenvalue weighted by atomic mass is 14.3. The Kier molecular flexibility index (Phi) is 2.62. The molecule has 1 aromatic carbocycles. The van der Waals surface area contributed by atoms with Gasteiger partial charge in [0, 0.05) is 0 Å². The lowest BCUT2D eigenvalue weighted by atomic mass is 9.71. The van der Waals surface area contributed by atoms with Crippen LogP contribution >= 0.6 is 0 Å². The van der Waals surface area contributed by atoms with Gasteiger partial charge < -0.3 is 0 Å². The van der Waals surface area contributed by atoms with Crippen LogP contribution in [0.3, 0.4) is 0 Å². The molecule has 0 N–H and O–H groups in total. The second-order valence-electron chi connectivity index (χ2n) is 4.99. The van der Waals surface area contributed by atoms with Gasteiger partial charge in [0.05, 0.1) is 0 Å². The first-order valence-corrected chi connectivity index (χ1v) is 5.78. The molecule has 0 saturated heterocycles. The number of hydrogen-bond donors (Lipinski definition) is 0. The molecule has 1 fully saturated rings. The van der Waals surface area contributed by atoms with Crippen molar-refractivity contribution in [1.82, 2.24) is 0 Å². The van der Waals surface area contributed by atoms with Crippen molar-refractivity contribution in [2.75, 3.05) is 0 Å². The van der Waals surface area contributed by atoms with E-state index in [-0.39, 0.29) is 0 Å². The molecule has 0 atom stereocenters. The summed E-state index contributed by atoms with van der Waals surface area (Å²) in [5.41, 5.74) is 3.38. The lowest BCUT2D eigenvalue weighted by Crippen LogP contribution is -2.24. The van der Waals surface area contributed by atoms with Gasteiger partial charge in [-0.1, -0.05) is 56.0 Å². The zero-order chi connectivity index (χ0) is 10.0. The summed E-state index contributed by atoms with van der Waals surface area (Å²) in [6, 6.07) is 9.13. The Morgan fingerprint density at radius 1 is 0.929 bits per heavy atom. The third kappa shape index (κ3) is 1.84. The zero-order valence-corrected chi connectivity index (χ0v) is 9.34. The predicted molar refractivity (Wildman–Crippen MR) is 61.6 cm³/mol. The largest absolute Gasteiger partial charge is 0.0590 e. The van der Waals surface area contributed by atoms with Gasteiger partial charge in [0.1, 0.15) is 0 Å². The summed E-state index contributed by atoms with van der Waals surface area (Å²) in [7, 11) is 0. The molecular formula is C14H20. The van der Waals surface area contributed by atoms with Crippen molar-refractivity contribution >= 4 is 0 Å². The van der Waals surface area contributed by atoms with E-state index in [0.717, 1.165) is 0 Å². The molecule has 1 aliphatic carbocycles. The summed E-state index contributed by atoms with van der Waals surface area (Å²) >= 11 is 0. The summed E-state index contributed by atoms with van der Waals surface area (Å²) in [5, 5.41) is 0. The van der Waals surface area contributed by atoms with E-state index in [1.807, 2.05) is 0 Å². The Morgan fingerprint density at radius 3 is 2.07 bits per heavy atom. The van der Waals surface area contributed by atoms with Crippen molar-refractivity contribution in [3.05, 3.63) is 35.4 Å². The average Bonchev–Trinajstić information content (AvgIpc) is 2.19. The van der Waals surface area contributed by atoms with Crippen LogP contribution in [-0.2, 0) is 5.41 Å². The fourth-order valence-electron chi connectivity index (χ4n) is 2.58. The highest BCUT2D eigenvalue weighted by Crippen LogP contribution is 2.38. The van der Waals surface area contributed by atoms with Crippen LogP contribution in [0.15, 0.2) is 24.3 Å². The molecule has 0 heterocycles. The molecule has 1 aliphatic rings. The molecule has 0 radical (unpaired) electrons. The van der Waals surface area contributed by atoms with Gasteiger partial charge in [-0.3, -0.25) is 0 Å². The van der Waals surface area contributed by atoms with E-state index in [1.165, 1.54) is 37.7 Å². The van der Waals surface area contributed by atoms with Crippen LogP contribution in [-0.4, -0.2) is 0 Å². The molecule has 0 amide bonds. The standard InChI is InChI=1S/C14H20/c1-12-6-8-13(9-7-12)14(2)10-4-3-5-11-14/h6-9H,3-5,10-11H2,1-2H3.